The SMILES string of the molecule is COc1ccc([C@@H]2NCc3cc4c(cc3-n3cccc32)OCO4)cc1O. The van der Waals surface area contributed by atoms with Crippen LogP contribution in [0.4, 0.5) is 0 Å². The van der Waals surface area contributed by atoms with Crippen molar-refractivity contribution in [3.8, 4) is 28.7 Å². The number of fused-ring (bicyclic) bond motifs is 4. The average Bonchev–Trinajstić information content (AvgIpc) is 3.27. The summed E-state index contributed by atoms with van der Waals surface area (Å²) in [6.45, 7) is 0.934. The predicted molar refractivity (Wildman–Crippen MR) is 95.2 cm³/mol. The molecule has 6 heteroatoms. The highest BCUT2D eigenvalue weighted by molar-refractivity contribution is 5.57. The smallest absolute Gasteiger partial charge is 0.231 e. The lowest BCUT2D eigenvalue weighted by molar-refractivity contribution is 0.174. The van der Waals surface area contributed by atoms with Crippen LogP contribution in [0.1, 0.15) is 22.9 Å². The number of benzene rings is 2. The standard InChI is InChI=1S/C20H18N2O4/c1-24-17-5-4-12(7-16(17)23)20-14-3-2-6-22(14)15-9-19-18(25-11-26-19)8-13(15)10-21-20/h2-9,20-21,23H,10-11H2,1H3/t20-/m0/s1. The van der Waals surface area contributed by atoms with Gasteiger partial charge < -0.3 is 29.2 Å². The number of phenols is 1. The summed E-state index contributed by atoms with van der Waals surface area (Å²) in [6.07, 6.45) is 2.04. The van der Waals surface area contributed by atoms with Crippen molar-refractivity contribution in [3.05, 3.63) is 65.5 Å². The Balaban J connectivity index is 1.62. The van der Waals surface area contributed by atoms with Gasteiger partial charge in [-0.15, -0.1) is 0 Å². The molecule has 5 rings (SSSR count). The molecule has 0 spiro atoms. The summed E-state index contributed by atoms with van der Waals surface area (Å²) in [5, 5.41) is 13.8. The maximum Gasteiger partial charge on any atom is 0.231 e. The third-order valence-corrected chi connectivity index (χ3v) is 4.94. The zero-order valence-electron chi connectivity index (χ0n) is 14.2. The second-order valence-corrected chi connectivity index (χ2v) is 6.38. The third kappa shape index (κ3) is 2.23. The first-order valence-corrected chi connectivity index (χ1v) is 8.45. The van der Waals surface area contributed by atoms with Gasteiger partial charge in [-0.2, -0.15) is 0 Å². The molecule has 1 aromatic heterocycles. The van der Waals surface area contributed by atoms with Crippen LogP contribution in [0, 0.1) is 0 Å². The predicted octanol–water partition coefficient (Wildman–Crippen LogP) is 3.11. The second kappa shape index (κ2) is 5.71. The zero-order chi connectivity index (χ0) is 17.7. The topological polar surface area (TPSA) is 64.9 Å². The van der Waals surface area contributed by atoms with Crippen LogP contribution in [-0.4, -0.2) is 23.6 Å². The molecule has 2 aliphatic heterocycles. The molecule has 3 aromatic rings. The first kappa shape index (κ1) is 15.2. The summed E-state index contributed by atoms with van der Waals surface area (Å²) in [7, 11) is 1.55. The highest BCUT2D eigenvalue weighted by Gasteiger charge is 2.26. The average molecular weight is 350 g/mol. The molecule has 3 heterocycles. The molecule has 2 aromatic carbocycles. The van der Waals surface area contributed by atoms with Gasteiger partial charge in [0.25, 0.3) is 0 Å². The van der Waals surface area contributed by atoms with Gasteiger partial charge in [-0.05, 0) is 41.5 Å². The number of phenolic OH excluding ortho intramolecular Hbond substituents is 1. The van der Waals surface area contributed by atoms with E-state index in [1.165, 1.54) is 0 Å². The highest BCUT2D eigenvalue weighted by Crippen LogP contribution is 2.40. The summed E-state index contributed by atoms with van der Waals surface area (Å²) in [5.41, 5.74) is 4.26. The Kier molecular flexibility index (Phi) is 3.33. The largest absolute Gasteiger partial charge is 0.504 e. The summed E-state index contributed by atoms with van der Waals surface area (Å²) in [5.74, 6) is 2.14. The molecule has 0 radical (unpaired) electrons. The van der Waals surface area contributed by atoms with Crippen LogP contribution in [0.5, 0.6) is 23.0 Å². The van der Waals surface area contributed by atoms with E-state index in [1.54, 1.807) is 19.2 Å². The van der Waals surface area contributed by atoms with Gasteiger partial charge in [0.2, 0.25) is 6.79 Å². The molecule has 0 amide bonds. The number of nitrogens with one attached hydrogen (secondary N) is 1. The van der Waals surface area contributed by atoms with Gasteiger partial charge in [-0.1, -0.05) is 6.07 Å². The minimum absolute atomic E-state index is 0.0640. The molecule has 26 heavy (non-hydrogen) atoms. The Labute approximate surface area is 150 Å². The Hall–Kier alpha value is -3.12. The molecule has 0 fully saturated rings. The number of aromatic nitrogens is 1. The van der Waals surface area contributed by atoms with E-state index in [0.717, 1.165) is 34.0 Å². The van der Waals surface area contributed by atoms with Crippen molar-refractivity contribution in [1.82, 2.24) is 9.88 Å². The van der Waals surface area contributed by atoms with E-state index in [2.05, 4.69) is 16.0 Å². The van der Waals surface area contributed by atoms with E-state index < -0.39 is 0 Å². The Morgan fingerprint density at radius 3 is 2.81 bits per heavy atom. The summed E-state index contributed by atoms with van der Waals surface area (Å²) >= 11 is 0. The third-order valence-electron chi connectivity index (χ3n) is 4.94. The lowest BCUT2D eigenvalue weighted by Gasteiger charge is -2.19. The van der Waals surface area contributed by atoms with E-state index in [1.807, 2.05) is 30.5 Å². The number of rotatable bonds is 2. The van der Waals surface area contributed by atoms with Gasteiger partial charge in [-0.3, -0.25) is 0 Å². The van der Waals surface area contributed by atoms with Crippen molar-refractivity contribution in [3.63, 3.8) is 0 Å². The zero-order valence-corrected chi connectivity index (χ0v) is 14.2. The van der Waals surface area contributed by atoms with Crippen molar-refractivity contribution in [2.45, 2.75) is 12.6 Å². The summed E-state index contributed by atoms with van der Waals surface area (Å²) in [4.78, 5) is 0. The van der Waals surface area contributed by atoms with Gasteiger partial charge >= 0.3 is 0 Å². The van der Waals surface area contributed by atoms with Gasteiger partial charge in [0.15, 0.2) is 23.0 Å². The second-order valence-electron chi connectivity index (χ2n) is 6.38. The molecular weight excluding hydrogens is 332 g/mol. The fourth-order valence-electron chi connectivity index (χ4n) is 3.68. The quantitative estimate of drug-likeness (QED) is 0.743. The van der Waals surface area contributed by atoms with E-state index >= 15 is 0 Å². The molecule has 6 nitrogen and oxygen atoms in total. The first-order valence-electron chi connectivity index (χ1n) is 8.45. The molecule has 0 bridgehead atoms. The van der Waals surface area contributed by atoms with Crippen LogP contribution in [0.3, 0.4) is 0 Å². The first-order chi connectivity index (χ1) is 12.7. The maximum atomic E-state index is 10.2. The van der Waals surface area contributed by atoms with Crippen LogP contribution in [0.25, 0.3) is 5.69 Å². The van der Waals surface area contributed by atoms with Crippen LogP contribution in [0.15, 0.2) is 48.7 Å². The Morgan fingerprint density at radius 2 is 2.00 bits per heavy atom. The molecule has 132 valence electrons. The van der Waals surface area contributed by atoms with Gasteiger partial charge in [0.1, 0.15) is 0 Å². The molecule has 0 saturated heterocycles. The van der Waals surface area contributed by atoms with Crippen molar-refractivity contribution in [2.24, 2.45) is 0 Å². The van der Waals surface area contributed by atoms with E-state index in [4.69, 9.17) is 14.2 Å². The summed E-state index contributed by atoms with van der Waals surface area (Å²) in [6, 6.07) is 13.6. The fraction of sp³-hybridized carbons (Fsp3) is 0.200. The highest BCUT2D eigenvalue weighted by atomic mass is 16.7. The molecule has 0 aliphatic carbocycles. The molecule has 0 saturated carbocycles. The Morgan fingerprint density at radius 1 is 1.15 bits per heavy atom. The monoisotopic (exact) mass is 350 g/mol. The number of nitrogens with zero attached hydrogens (tertiary/aromatic N) is 1. The molecular formula is C20H18N2O4. The minimum atomic E-state index is -0.0640. The van der Waals surface area contributed by atoms with Crippen molar-refractivity contribution in [1.29, 1.82) is 0 Å². The number of methoxy groups -OCH3 is 1. The van der Waals surface area contributed by atoms with Crippen molar-refractivity contribution < 1.29 is 19.3 Å². The van der Waals surface area contributed by atoms with Crippen LogP contribution < -0.4 is 19.5 Å². The minimum Gasteiger partial charge on any atom is -0.504 e. The lowest BCUT2D eigenvalue weighted by Crippen LogP contribution is -2.21. The number of aromatic hydroxyl groups is 1. The van der Waals surface area contributed by atoms with Crippen LogP contribution in [-0.2, 0) is 6.54 Å². The van der Waals surface area contributed by atoms with E-state index in [0.29, 0.717) is 12.3 Å². The number of hydrogen-bond donors (Lipinski definition) is 2. The number of hydrogen-bond acceptors (Lipinski definition) is 5. The summed E-state index contributed by atoms with van der Waals surface area (Å²) < 4.78 is 18.4. The maximum absolute atomic E-state index is 10.2. The number of ether oxygens (including phenoxy) is 3. The van der Waals surface area contributed by atoms with Gasteiger partial charge in [-0.25, -0.2) is 0 Å². The molecule has 2 N–H and O–H groups in total. The van der Waals surface area contributed by atoms with E-state index in [9.17, 15) is 5.11 Å². The van der Waals surface area contributed by atoms with Crippen molar-refractivity contribution in [2.75, 3.05) is 13.9 Å². The molecule has 2 aliphatic rings. The van der Waals surface area contributed by atoms with Gasteiger partial charge in [0.05, 0.1) is 18.8 Å². The van der Waals surface area contributed by atoms with Crippen LogP contribution >= 0.6 is 0 Å². The van der Waals surface area contributed by atoms with Crippen molar-refractivity contribution >= 4 is 0 Å². The van der Waals surface area contributed by atoms with Crippen LogP contribution in [0.2, 0.25) is 0 Å². The lowest BCUT2D eigenvalue weighted by atomic mass is 10.0. The Bertz CT molecular complexity index is 995. The van der Waals surface area contributed by atoms with Gasteiger partial charge in [0, 0.05) is 24.5 Å². The normalized spacial score (nSPS) is 17.3. The molecule has 0 unspecified atom stereocenters. The van der Waals surface area contributed by atoms with E-state index in [-0.39, 0.29) is 18.6 Å². The molecule has 1 atom stereocenters. The fourth-order valence-corrected chi connectivity index (χ4v) is 3.68.